The minimum absolute atomic E-state index is 0.106. The summed E-state index contributed by atoms with van der Waals surface area (Å²) in [6, 6.07) is 7.11. The SMILES string of the molecule is C=CC(=O)Nc1cccc(Nc2nc(Cl)ncc2OC)c1. The molecule has 0 unspecified atom stereocenters. The van der Waals surface area contributed by atoms with Crippen LogP contribution in [0.3, 0.4) is 0 Å². The summed E-state index contributed by atoms with van der Waals surface area (Å²) in [5.41, 5.74) is 1.34. The lowest BCUT2D eigenvalue weighted by molar-refractivity contribution is -0.111. The van der Waals surface area contributed by atoms with Crippen LogP contribution in [-0.2, 0) is 4.79 Å². The smallest absolute Gasteiger partial charge is 0.247 e. The highest BCUT2D eigenvalue weighted by molar-refractivity contribution is 6.28. The predicted molar refractivity (Wildman–Crippen MR) is 82.1 cm³/mol. The van der Waals surface area contributed by atoms with E-state index >= 15 is 0 Å². The van der Waals surface area contributed by atoms with Gasteiger partial charge in [-0.3, -0.25) is 4.79 Å². The van der Waals surface area contributed by atoms with E-state index in [1.165, 1.54) is 19.4 Å². The summed E-state index contributed by atoms with van der Waals surface area (Å²) in [4.78, 5) is 19.2. The summed E-state index contributed by atoms with van der Waals surface area (Å²) in [6.45, 7) is 3.40. The number of nitrogens with zero attached hydrogens (tertiary/aromatic N) is 2. The molecule has 0 saturated heterocycles. The summed E-state index contributed by atoms with van der Waals surface area (Å²) in [7, 11) is 1.51. The third-order valence-corrected chi connectivity index (χ3v) is 2.71. The van der Waals surface area contributed by atoms with Crippen molar-refractivity contribution >= 4 is 34.7 Å². The average Bonchev–Trinajstić information content (AvgIpc) is 2.48. The number of rotatable bonds is 5. The average molecular weight is 305 g/mol. The monoisotopic (exact) mass is 304 g/mol. The first-order valence-corrected chi connectivity index (χ1v) is 6.37. The molecule has 1 aromatic heterocycles. The van der Waals surface area contributed by atoms with Gasteiger partial charge in [0.15, 0.2) is 11.6 Å². The molecule has 2 rings (SSSR count). The molecule has 1 heterocycles. The van der Waals surface area contributed by atoms with Crippen LogP contribution in [0.2, 0.25) is 5.28 Å². The maximum absolute atomic E-state index is 11.3. The Hall–Kier alpha value is -2.60. The number of nitrogens with one attached hydrogen (secondary N) is 2. The van der Waals surface area contributed by atoms with Crippen molar-refractivity contribution in [3.63, 3.8) is 0 Å². The highest BCUT2D eigenvalue weighted by atomic mass is 35.5. The minimum Gasteiger partial charge on any atom is -0.491 e. The fraction of sp³-hybridized carbons (Fsp3) is 0.0714. The van der Waals surface area contributed by atoms with Crippen molar-refractivity contribution in [2.45, 2.75) is 0 Å². The number of aromatic nitrogens is 2. The largest absolute Gasteiger partial charge is 0.491 e. The zero-order valence-electron chi connectivity index (χ0n) is 11.3. The minimum atomic E-state index is -0.283. The van der Waals surface area contributed by atoms with Crippen molar-refractivity contribution < 1.29 is 9.53 Å². The summed E-state index contributed by atoms with van der Waals surface area (Å²) < 4.78 is 5.16. The predicted octanol–water partition coefficient (Wildman–Crippen LogP) is 3.01. The summed E-state index contributed by atoms with van der Waals surface area (Å²) in [5.74, 6) is 0.611. The van der Waals surface area contributed by atoms with Gasteiger partial charge in [-0.2, -0.15) is 4.98 Å². The molecule has 0 saturated carbocycles. The first kappa shape index (κ1) is 14.8. The number of carbonyl (C=O) groups excluding carboxylic acids is 1. The Labute approximate surface area is 126 Å². The summed E-state index contributed by atoms with van der Waals surface area (Å²) in [6.07, 6.45) is 2.67. The van der Waals surface area contributed by atoms with E-state index in [-0.39, 0.29) is 11.2 Å². The molecular formula is C14H13ClN4O2. The molecule has 2 N–H and O–H groups in total. The highest BCUT2D eigenvalue weighted by Crippen LogP contribution is 2.26. The van der Waals surface area contributed by atoms with Gasteiger partial charge in [0.05, 0.1) is 13.3 Å². The third-order valence-electron chi connectivity index (χ3n) is 2.52. The Balaban J connectivity index is 2.23. The Morgan fingerprint density at radius 2 is 2.19 bits per heavy atom. The molecule has 6 nitrogen and oxygen atoms in total. The van der Waals surface area contributed by atoms with Crippen LogP contribution in [0.15, 0.2) is 43.1 Å². The molecule has 21 heavy (non-hydrogen) atoms. The van der Waals surface area contributed by atoms with E-state index in [1.807, 2.05) is 6.07 Å². The number of halogens is 1. The molecular weight excluding hydrogens is 292 g/mol. The van der Waals surface area contributed by atoms with E-state index in [0.29, 0.717) is 22.9 Å². The number of carbonyl (C=O) groups is 1. The second-order valence-corrected chi connectivity index (χ2v) is 4.29. The zero-order valence-corrected chi connectivity index (χ0v) is 12.0. The molecule has 0 bridgehead atoms. The Morgan fingerprint density at radius 3 is 2.90 bits per heavy atom. The normalized spacial score (nSPS) is 9.81. The zero-order chi connectivity index (χ0) is 15.2. The van der Waals surface area contributed by atoms with Gasteiger partial charge >= 0.3 is 0 Å². The summed E-state index contributed by atoms with van der Waals surface area (Å²) >= 11 is 5.77. The van der Waals surface area contributed by atoms with Crippen molar-refractivity contribution in [1.29, 1.82) is 0 Å². The van der Waals surface area contributed by atoms with Gasteiger partial charge in [-0.15, -0.1) is 0 Å². The van der Waals surface area contributed by atoms with E-state index in [0.717, 1.165) is 0 Å². The Kier molecular flexibility index (Phi) is 4.73. The number of hydrogen-bond acceptors (Lipinski definition) is 5. The van der Waals surface area contributed by atoms with E-state index in [2.05, 4.69) is 27.2 Å². The van der Waals surface area contributed by atoms with Gasteiger partial charge < -0.3 is 15.4 Å². The second-order valence-electron chi connectivity index (χ2n) is 3.96. The van der Waals surface area contributed by atoms with Crippen LogP contribution in [-0.4, -0.2) is 23.0 Å². The molecule has 7 heteroatoms. The van der Waals surface area contributed by atoms with Crippen LogP contribution in [0, 0.1) is 0 Å². The number of benzene rings is 1. The van der Waals surface area contributed by atoms with E-state index in [1.54, 1.807) is 18.2 Å². The van der Waals surface area contributed by atoms with E-state index < -0.39 is 0 Å². The molecule has 0 aliphatic carbocycles. The molecule has 0 aliphatic heterocycles. The molecule has 2 aromatic rings. The lowest BCUT2D eigenvalue weighted by Crippen LogP contribution is -2.07. The molecule has 1 amide bonds. The van der Waals surface area contributed by atoms with Crippen molar-refractivity contribution in [1.82, 2.24) is 9.97 Å². The number of hydrogen-bond donors (Lipinski definition) is 2. The number of anilines is 3. The first-order chi connectivity index (χ1) is 10.1. The van der Waals surface area contributed by atoms with Crippen molar-refractivity contribution in [2.24, 2.45) is 0 Å². The highest BCUT2D eigenvalue weighted by Gasteiger charge is 2.07. The Bertz CT molecular complexity index is 676. The maximum atomic E-state index is 11.3. The van der Waals surface area contributed by atoms with Gasteiger partial charge in [0.25, 0.3) is 0 Å². The lowest BCUT2D eigenvalue weighted by atomic mass is 10.2. The molecule has 0 fully saturated rings. The third kappa shape index (κ3) is 3.93. The van der Waals surface area contributed by atoms with Crippen LogP contribution < -0.4 is 15.4 Å². The maximum Gasteiger partial charge on any atom is 0.247 e. The van der Waals surface area contributed by atoms with Gasteiger partial charge in [0.2, 0.25) is 11.2 Å². The topological polar surface area (TPSA) is 76.1 Å². The quantitative estimate of drug-likeness (QED) is 0.656. The number of ether oxygens (including phenoxy) is 1. The second kappa shape index (κ2) is 6.71. The van der Waals surface area contributed by atoms with Crippen LogP contribution in [0.25, 0.3) is 0 Å². The fourth-order valence-corrected chi connectivity index (χ4v) is 1.73. The van der Waals surface area contributed by atoms with Gasteiger partial charge in [0.1, 0.15) is 0 Å². The van der Waals surface area contributed by atoms with E-state index in [4.69, 9.17) is 16.3 Å². The summed E-state index contributed by atoms with van der Waals surface area (Å²) in [5, 5.41) is 5.83. The molecule has 0 aliphatic rings. The van der Waals surface area contributed by atoms with Gasteiger partial charge in [-0.25, -0.2) is 4.98 Å². The van der Waals surface area contributed by atoms with Crippen LogP contribution in [0.5, 0.6) is 5.75 Å². The van der Waals surface area contributed by atoms with Gasteiger partial charge in [-0.05, 0) is 35.9 Å². The molecule has 1 aromatic carbocycles. The van der Waals surface area contributed by atoms with Gasteiger partial charge in [0, 0.05) is 11.4 Å². The molecule has 108 valence electrons. The molecule has 0 spiro atoms. The van der Waals surface area contributed by atoms with Crippen LogP contribution >= 0.6 is 11.6 Å². The van der Waals surface area contributed by atoms with Crippen LogP contribution in [0.1, 0.15) is 0 Å². The molecule has 0 radical (unpaired) electrons. The Morgan fingerprint density at radius 1 is 1.43 bits per heavy atom. The standard InChI is InChI=1S/C14H13ClN4O2/c1-3-12(20)17-9-5-4-6-10(7-9)18-13-11(21-2)8-16-14(15)19-13/h3-8H,1H2,2H3,(H,17,20)(H,16,18,19). The number of methoxy groups -OCH3 is 1. The fourth-order valence-electron chi connectivity index (χ4n) is 1.59. The van der Waals surface area contributed by atoms with Crippen molar-refractivity contribution in [3.8, 4) is 5.75 Å². The van der Waals surface area contributed by atoms with Crippen LogP contribution in [0.4, 0.5) is 17.2 Å². The first-order valence-electron chi connectivity index (χ1n) is 5.99. The molecule has 0 atom stereocenters. The van der Waals surface area contributed by atoms with Crippen molar-refractivity contribution in [3.05, 3.63) is 48.4 Å². The lowest BCUT2D eigenvalue weighted by Gasteiger charge is -2.11. The van der Waals surface area contributed by atoms with Crippen molar-refractivity contribution in [2.75, 3.05) is 17.7 Å². The van der Waals surface area contributed by atoms with E-state index in [9.17, 15) is 4.79 Å². The number of amides is 1. The van der Waals surface area contributed by atoms with Gasteiger partial charge in [-0.1, -0.05) is 12.6 Å².